The first-order valence-corrected chi connectivity index (χ1v) is 9.15. The van der Waals surface area contributed by atoms with Crippen LogP contribution in [0.25, 0.3) is 0 Å². The highest BCUT2D eigenvalue weighted by atomic mass is 32.2. The zero-order chi connectivity index (χ0) is 15.7. The average Bonchev–Trinajstić information content (AvgIpc) is 3.17. The Morgan fingerprint density at radius 2 is 2.18 bits per heavy atom. The lowest BCUT2D eigenvalue weighted by atomic mass is 9.93. The molecule has 1 saturated carbocycles. The highest BCUT2D eigenvalue weighted by Gasteiger charge is 2.40. The molecule has 22 heavy (non-hydrogen) atoms. The van der Waals surface area contributed by atoms with E-state index in [4.69, 9.17) is 0 Å². The Balaban J connectivity index is 1.59. The zero-order valence-electron chi connectivity index (χ0n) is 12.8. The van der Waals surface area contributed by atoms with Crippen molar-refractivity contribution in [3.8, 4) is 0 Å². The van der Waals surface area contributed by atoms with Crippen molar-refractivity contribution in [3.63, 3.8) is 0 Å². The first-order chi connectivity index (χ1) is 10.5. The van der Waals surface area contributed by atoms with Gasteiger partial charge in [-0.15, -0.1) is 11.8 Å². The number of amides is 3. The average molecular weight is 325 g/mol. The Morgan fingerprint density at radius 3 is 2.86 bits per heavy atom. The number of piperidine rings is 1. The quantitative estimate of drug-likeness (QED) is 0.781. The molecule has 0 aromatic heterocycles. The van der Waals surface area contributed by atoms with Crippen LogP contribution in [0.5, 0.6) is 0 Å². The molecular formula is C15H23N3O3S. The Hall–Kier alpha value is -1.24. The van der Waals surface area contributed by atoms with Crippen molar-refractivity contribution in [2.24, 2.45) is 11.8 Å². The molecule has 6 nitrogen and oxygen atoms in total. The van der Waals surface area contributed by atoms with Crippen LogP contribution in [0.4, 0.5) is 0 Å². The van der Waals surface area contributed by atoms with Crippen LogP contribution in [0.2, 0.25) is 0 Å². The molecule has 1 unspecified atom stereocenters. The monoisotopic (exact) mass is 325 g/mol. The van der Waals surface area contributed by atoms with Crippen molar-refractivity contribution in [2.45, 2.75) is 44.7 Å². The van der Waals surface area contributed by atoms with Gasteiger partial charge in [-0.2, -0.15) is 0 Å². The molecule has 0 aromatic carbocycles. The van der Waals surface area contributed by atoms with Gasteiger partial charge in [-0.05, 0) is 31.1 Å². The standard InChI is InChI=1S/C15H23N3O3S/c1-9-4-11(17-13(19)5-9)15(21)18-8-22-7-12(18)14(20)16-6-10-2-3-10/h9-12H,2-8H2,1H3,(H,16,20)(H,17,19)/t9-,11-,12?/m0/s1. The van der Waals surface area contributed by atoms with Gasteiger partial charge in [0.05, 0.1) is 5.88 Å². The Kier molecular flexibility index (Phi) is 4.61. The van der Waals surface area contributed by atoms with Crippen molar-refractivity contribution in [2.75, 3.05) is 18.2 Å². The fourth-order valence-electron chi connectivity index (χ4n) is 3.04. The largest absolute Gasteiger partial charge is 0.354 e. The van der Waals surface area contributed by atoms with E-state index in [1.54, 1.807) is 16.7 Å². The second-order valence-electron chi connectivity index (χ2n) is 6.68. The molecular weight excluding hydrogens is 302 g/mol. The van der Waals surface area contributed by atoms with Crippen LogP contribution in [0.15, 0.2) is 0 Å². The maximum absolute atomic E-state index is 12.7. The number of carbonyl (C=O) groups excluding carboxylic acids is 3. The highest BCUT2D eigenvalue weighted by molar-refractivity contribution is 7.99. The molecule has 3 aliphatic rings. The van der Waals surface area contributed by atoms with Gasteiger partial charge < -0.3 is 15.5 Å². The highest BCUT2D eigenvalue weighted by Crippen LogP contribution is 2.28. The zero-order valence-corrected chi connectivity index (χ0v) is 13.7. The predicted octanol–water partition coefficient (Wildman–Crippen LogP) is 0.329. The molecule has 3 fully saturated rings. The Labute approximate surface area is 134 Å². The minimum Gasteiger partial charge on any atom is -0.354 e. The normalized spacial score (nSPS) is 31.8. The molecule has 3 atom stereocenters. The smallest absolute Gasteiger partial charge is 0.246 e. The summed E-state index contributed by atoms with van der Waals surface area (Å²) in [5.41, 5.74) is 0. The summed E-state index contributed by atoms with van der Waals surface area (Å²) in [6.45, 7) is 2.71. The summed E-state index contributed by atoms with van der Waals surface area (Å²) in [5.74, 6) is 1.76. The first-order valence-electron chi connectivity index (χ1n) is 8.00. The van der Waals surface area contributed by atoms with E-state index < -0.39 is 12.1 Å². The van der Waals surface area contributed by atoms with Crippen LogP contribution >= 0.6 is 11.8 Å². The van der Waals surface area contributed by atoms with Gasteiger partial charge in [0.15, 0.2) is 0 Å². The number of hydrogen-bond acceptors (Lipinski definition) is 4. The molecule has 0 bridgehead atoms. The minimum atomic E-state index is -0.478. The molecule has 7 heteroatoms. The third kappa shape index (κ3) is 3.56. The van der Waals surface area contributed by atoms with E-state index in [0.29, 0.717) is 30.4 Å². The van der Waals surface area contributed by atoms with Gasteiger partial charge in [0, 0.05) is 18.7 Å². The van der Waals surface area contributed by atoms with Gasteiger partial charge in [-0.1, -0.05) is 6.92 Å². The van der Waals surface area contributed by atoms with E-state index >= 15 is 0 Å². The molecule has 122 valence electrons. The van der Waals surface area contributed by atoms with Crippen molar-refractivity contribution in [3.05, 3.63) is 0 Å². The Morgan fingerprint density at radius 1 is 1.41 bits per heavy atom. The van der Waals surface area contributed by atoms with E-state index in [1.165, 1.54) is 12.8 Å². The number of nitrogens with one attached hydrogen (secondary N) is 2. The maximum Gasteiger partial charge on any atom is 0.246 e. The molecule has 1 aliphatic carbocycles. The number of carbonyl (C=O) groups is 3. The van der Waals surface area contributed by atoms with E-state index in [2.05, 4.69) is 10.6 Å². The van der Waals surface area contributed by atoms with E-state index in [0.717, 1.165) is 6.54 Å². The third-order valence-electron chi connectivity index (χ3n) is 4.54. The van der Waals surface area contributed by atoms with Gasteiger partial charge in [-0.25, -0.2) is 0 Å². The first kappa shape index (κ1) is 15.6. The van der Waals surface area contributed by atoms with Crippen LogP contribution in [-0.2, 0) is 14.4 Å². The molecule has 2 aliphatic heterocycles. The molecule has 2 N–H and O–H groups in total. The lowest BCUT2D eigenvalue weighted by Gasteiger charge is -2.32. The van der Waals surface area contributed by atoms with Crippen molar-refractivity contribution in [1.29, 1.82) is 0 Å². The number of rotatable bonds is 4. The molecule has 3 rings (SSSR count). The molecule has 3 amide bonds. The number of hydrogen-bond donors (Lipinski definition) is 2. The Bertz CT molecular complexity index is 481. The molecule has 0 spiro atoms. The second-order valence-corrected chi connectivity index (χ2v) is 7.68. The maximum atomic E-state index is 12.7. The van der Waals surface area contributed by atoms with Crippen LogP contribution in [-0.4, -0.2) is 52.9 Å². The lowest BCUT2D eigenvalue weighted by molar-refractivity contribution is -0.142. The van der Waals surface area contributed by atoms with Crippen molar-refractivity contribution >= 4 is 29.5 Å². The summed E-state index contributed by atoms with van der Waals surface area (Å²) < 4.78 is 0. The molecule has 2 heterocycles. The number of nitrogens with zero attached hydrogens (tertiary/aromatic N) is 1. The van der Waals surface area contributed by atoms with Gasteiger partial charge in [0.25, 0.3) is 0 Å². The van der Waals surface area contributed by atoms with Crippen LogP contribution in [0, 0.1) is 11.8 Å². The fraction of sp³-hybridized carbons (Fsp3) is 0.800. The van der Waals surface area contributed by atoms with E-state index in [1.807, 2.05) is 6.92 Å². The summed E-state index contributed by atoms with van der Waals surface area (Å²) in [4.78, 5) is 38.2. The lowest BCUT2D eigenvalue weighted by Crippen LogP contribution is -2.56. The number of thioether (sulfide) groups is 1. The second kappa shape index (κ2) is 6.48. The van der Waals surface area contributed by atoms with Crippen LogP contribution in [0.1, 0.15) is 32.6 Å². The molecule has 0 radical (unpaired) electrons. The summed E-state index contributed by atoms with van der Waals surface area (Å²) in [6.07, 6.45) is 3.51. The van der Waals surface area contributed by atoms with E-state index in [9.17, 15) is 14.4 Å². The van der Waals surface area contributed by atoms with Gasteiger partial charge in [-0.3, -0.25) is 14.4 Å². The summed E-state index contributed by atoms with van der Waals surface area (Å²) >= 11 is 1.59. The van der Waals surface area contributed by atoms with Crippen molar-refractivity contribution in [1.82, 2.24) is 15.5 Å². The fourth-order valence-corrected chi connectivity index (χ4v) is 4.20. The summed E-state index contributed by atoms with van der Waals surface area (Å²) in [7, 11) is 0. The minimum absolute atomic E-state index is 0.0552. The van der Waals surface area contributed by atoms with Gasteiger partial charge >= 0.3 is 0 Å². The SMILES string of the molecule is C[C@@H]1CC(=O)N[C@H](C(=O)N2CSCC2C(=O)NCC2CC2)C1. The summed E-state index contributed by atoms with van der Waals surface area (Å²) in [5, 5.41) is 5.73. The molecule has 0 aromatic rings. The topological polar surface area (TPSA) is 78.5 Å². The predicted molar refractivity (Wildman–Crippen MR) is 84.0 cm³/mol. The molecule has 2 saturated heterocycles. The van der Waals surface area contributed by atoms with E-state index in [-0.39, 0.29) is 23.6 Å². The third-order valence-corrected chi connectivity index (χ3v) is 5.55. The van der Waals surface area contributed by atoms with Gasteiger partial charge in [0.2, 0.25) is 17.7 Å². The summed E-state index contributed by atoms with van der Waals surface area (Å²) in [6, 6.07) is -0.876. The van der Waals surface area contributed by atoms with Crippen molar-refractivity contribution < 1.29 is 14.4 Å². The van der Waals surface area contributed by atoms with Crippen LogP contribution < -0.4 is 10.6 Å². The van der Waals surface area contributed by atoms with Crippen LogP contribution in [0.3, 0.4) is 0 Å². The van der Waals surface area contributed by atoms with Gasteiger partial charge in [0.1, 0.15) is 12.1 Å².